The summed E-state index contributed by atoms with van der Waals surface area (Å²) in [6.45, 7) is -0.118. The third-order valence-electron chi connectivity index (χ3n) is 0.898. The maximum absolute atomic E-state index is 10.7. The zero-order chi connectivity index (χ0) is 10.3. The van der Waals surface area contributed by atoms with Crippen LogP contribution in [-0.4, -0.2) is 29.3 Å². The van der Waals surface area contributed by atoms with Gasteiger partial charge in [-0.1, -0.05) is 34.8 Å². The van der Waals surface area contributed by atoms with Crippen LogP contribution in [0, 0.1) is 0 Å². The summed E-state index contributed by atoms with van der Waals surface area (Å²) < 4.78 is 2.88. The first-order valence-corrected chi connectivity index (χ1v) is 4.50. The summed E-state index contributed by atoms with van der Waals surface area (Å²) in [5.41, 5.74) is 0. The van der Waals surface area contributed by atoms with Crippen molar-refractivity contribution in [3.63, 3.8) is 0 Å². The summed E-state index contributed by atoms with van der Waals surface area (Å²) >= 11 is 15.9. The molecule has 0 atom stereocenters. The van der Waals surface area contributed by atoms with E-state index in [1.165, 1.54) is 0 Å². The lowest BCUT2D eigenvalue weighted by atomic mass is 10.5. The second kappa shape index (κ2) is 6.29. The van der Waals surface area contributed by atoms with E-state index in [0.717, 1.165) is 0 Å². The normalized spacial score (nSPS) is 10.7. The number of carbonyl (C=O) groups is 2. The molecule has 0 aromatic heterocycles. The number of carbonyl (C=O) groups excluding carboxylic acids is 2. The minimum atomic E-state index is -1.61. The minimum absolute atomic E-state index is 0.211. The summed E-state index contributed by atoms with van der Waals surface area (Å²) in [6, 6.07) is 0. The molecule has 0 unspecified atom stereocenters. The van der Waals surface area contributed by atoms with Crippen LogP contribution in [-0.2, 0) is 9.53 Å². The Labute approximate surface area is 90.5 Å². The van der Waals surface area contributed by atoms with Crippen molar-refractivity contribution in [3.05, 3.63) is 0 Å². The maximum Gasteiger partial charge on any atom is 0.407 e. The molecule has 0 aliphatic rings. The first kappa shape index (κ1) is 12.8. The number of ether oxygens (including phenoxy) is 1. The van der Waals surface area contributed by atoms with E-state index < -0.39 is 9.89 Å². The molecule has 0 aromatic rings. The van der Waals surface area contributed by atoms with Gasteiger partial charge in [0.25, 0.3) is 0 Å². The highest BCUT2D eigenvalue weighted by Gasteiger charge is 2.21. The van der Waals surface area contributed by atoms with Crippen LogP contribution in [0.2, 0.25) is 0 Å². The molecule has 0 saturated heterocycles. The second-order valence-corrected chi connectivity index (χ2v) is 4.59. The molecule has 0 saturated carbocycles. The quantitative estimate of drug-likeness (QED) is 0.468. The fourth-order valence-electron chi connectivity index (χ4n) is 0.432. The molecule has 76 valence electrons. The van der Waals surface area contributed by atoms with Crippen LogP contribution >= 0.6 is 34.8 Å². The molecule has 1 amide bonds. The fourth-order valence-corrected chi connectivity index (χ4v) is 0.595. The van der Waals surface area contributed by atoms with Crippen molar-refractivity contribution in [2.45, 2.75) is 10.2 Å². The summed E-state index contributed by atoms with van der Waals surface area (Å²) in [5, 5.41) is 2.29. The number of halogens is 3. The topological polar surface area (TPSA) is 55.4 Å². The van der Waals surface area contributed by atoms with E-state index in [1.54, 1.807) is 0 Å². The second-order valence-electron chi connectivity index (χ2n) is 2.07. The van der Waals surface area contributed by atoms with Crippen LogP contribution in [0.15, 0.2) is 0 Å². The highest BCUT2D eigenvalue weighted by molar-refractivity contribution is 6.67. The Hall–Kier alpha value is -0.190. The summed E-state index contributed by atoms with van der Waals surface area (Å²) in [7, 11) is 0. The monoisotopic (exact) mass is 247 g/mol. The Morgan fingerprint density at radius 2 is 2.08 bits per heavy atom. The van der Waals surface area contributed by atoms with Crippen LogP contribution in [0.4, 0.5) is 4.79 Å². The Balaban J connectivity index is 3.46. The van der Waals surface area contributed by atoms with Crippen molar-refractivity contribution in [3.8, 4) is 0 Å². The van der Waals surface area contributed by atoms with E-state index in [2.05, 4.69) is 10.1 Å². The van der Waals surface area contributed by atoms with Gasteiger partial charge in [0.15, 0.2) is 0 Å². The van der Waals surface area contributed by atoms with Crippen LogP contribution in [0.25, 0.3) is 0 Å². The zero-order valence-electron chi connectivity index (χ0n) is 6.56. The average molecular weight is 248 g/mol. The maximum atomic E-state index is 10.7. The highest BCUT2D eigenvalue weighted by atomic mass is 35.6. The van der Waals surface area contributed by atoms with Gasteiger partial charge in [0, 0.05) is 13.0 Å². The smallest absolute Gasteiger partial charge is 0.407 e. The number of aldehydes is 1. The number of alkyl halides is 3. The molecule has 13 heavy (non-hydrogen) atoms. The van der Waals surface area contributed by atoms with E-state index in [0.29, 0.717) is 6.29 Å². The van der Waals surface area contributed by atoms with Gasteiger partial charge < -0.3 is 14.8 Å². The Morgan fingerprint density at radius 1 is 1.46 bits per heavy atom. The number of hydrogen-bond donors (Lipinski definition) is 1. The van der Waals surface area contributed by atoms with Gasteiger partial charge in [0.05, 0.1) is 0 Å². The lowest BCUT2D eigenvalue weighted by molar-refractivity contribution is -0.107. The summed E-state index contributed by atoms with van der Waals surface area (Å²) in [4.78, 5) is 20.6. The Kier molecular flexibility index (Phi) is 6.20. The van der Waals surface area contributed by atoms with Gasteiger partial charge in [-0.25, -0.2) is 4.79 Å². The molecular formula is C6H8Cl3NO3. The van der Waals surface area contributed by atoms with Crippen LogP contribution in [0.1, 0.15) is 6.42 Å². The molecule has 0 heterocycles. The van der Waals surface area contributed by atoms with Crippen LogP contribution < -0.4 is 5.32 Å². The minimum Gasteiger partial charge on any atom is -0.445 e. The predicted molar refractivity (Wildman–Crippen MR) is 50.3 cm³/mol. The van der Waals surface area contributed by atoms with Crippen LogP contribution in [0.5, 0.6) is 0 Å². The van der Waals surface area contributed by atoms with Crippen molar-refractivity contribution in [2.75, 3.05) is 13.2 Å². The van der Waals surface area contributed by atoms with Gasteiger partial charge in [-0.3, -0.25) is 0 Å². The first-order chi connectivity index (χ1) is 5.95. The zero-order valence-corrected chi connectivity index (χ0v) is 8.83. The number of amides is 1. The standard InChI is InChI=1S/C6H8Cl3NO3/c7-6(8,9)4-13-5(12)10-2-1-3-11/h3H,1-2,4H2,(H,10,12). The number of alkyl carbamates (subject to hydrolysis) is 1. The lowest BCUT2D eigenvalue weighted by Crippen LogP contribution is -2.28. The highest BCUT2D eigenvalue weighted by Crippen LogP contribution is 2.25. The fraction of sp³-hybridized carbons (Fsp3) is 0.667. The number of rotatable bonds is 4. The lowest BCUT2D eigenvalue weighted by Gasteiger charge is -2.11. The van der Waals surface area contributed by atoms with Gasteiger partial charge in [0.2, 0.25) is 3.79 Å². The molecule has 0 aliphatic heterocycles. The molecule has 0 aromatic carbocycles. The molecule has 7 heteroatoms. The van der Waals surface area contributed by atoms with E-state index in [-0.39, 0.29) is 19.6 Å². The van der Waals surface area contributed by atoms with E-state index in [1.807, 2.05) is 0 Å². The first-order valence-electron chi connectivity index (χ1n) is 3.36. The molecular weight excluding hydrogens is 240 g/mol. The largest absolute Gasteiger partial charge is 0.445 e. The van der Waals surface area contributed by atoms with E-state index in [4.69, 9.17) is 34.8 Å². The van der Waals surface area contributed by atoms with Crippen molar-refractivity contribution < 1.29 is 14.3 Å². The molecule has 0 bridgehead atoms. The third kappa shape index (κ3) is 9.73. The molecule has 0 rings (SSSR count). The summed E-state index contributed by atoms with van der Waals surface area (Å²) in [5.74, 6) is 0. The van der Waals surface area contributed by atoms with Gasteiger partial charge in [-0.15, -0.1) is 0 Å². The van der Waals surface area contributed by atoms with Crippen molar-refractivity contribution in [2.24, 2.45) is 0 Å². The average Bonchev–Trinajstić information content (AvgIpc) is 2.00. The van der Waals surface area contributed by atoms with Gasteiger partial charge in [-0.05, 0) is 0 Å². The molecule has 0 fully saturated rings. The number of nitrogens with one attached hydrogen (secondary N) is 1. The number of hydrogen-bond acceptors (Lipinski definition) is 3. The van der Waals surface area contributed by atoms with Crippen molar-refractivity contribution in [1.82, 2.24) is 5.32 Å². The Morgan fingerprint density at radius 3 is 2.54 bits per heavy atom. The molecule has 4 nitrogen and oxygen atoms in total. The molecule has 1 N–H and O–H groups in total. The molecule has 0 spiro atoms. The SMILES string of the molecule is O=CCCNC(=O)OCC(Cl)(Cl)Cl. The van der Waals surface area contributed by atoms with Gasteiger partial charge in [-0.2, -0.15) is 0 Å². The summed E-state index contributed by atoms with van der Waals surface area (Å²) in [6.07, 6.45) is 0.186. The predicted octanol–water partition coefficient (Wildman–Crippen LogP) is 1.67. The van der Waals surface area contributed by atoms with E-state index >= 15 is 0 Å². The van der Waals surface area contributed by atoms with Crippen molar-refractivity contribution in [1.29, 1.82) is 0 Å². The molecule has 0 aliphatic carbocycles. The third-order valence-corrected chi connectivity index (χ3v) is 1.23. The van der Waals surface area contributed by atoms with Crippen LogP contribution in [0.3, 0.4) is 0 Å². The van der Waals surface area contributed by atoms with Gasteiger partial charge in [0.1, 0.15) is 12.9 Å². The molecule has 0 radical (unpaired) electrons. The van der Waals surface area contributed by atoms with Crippen molar-refractivity contribution >= 4 is 47.2 Å². The van der Waals surface area contributed by atoms with E-state index in [9.17, 15) is 9.59 Å². The van der Waals surface area contributed by atoms with Gasteiger partial charge >= 0.3 is 6.09 Å². The Bertz CT molecular complexity index is 180.